The second-order valence-corrected chi connectivity index (χ2v) is 5.63. The van der Waals surface area contributed by atoms with E-state index in [4.69, 9.17) is 0 Å². The standard InChI is InChI=1S/C13H30N2O/c1-10(2)7-12(5)15(6)9-13(16)8-14-11(3)4/h10-14,16H,7-9H2,1-6H3. The van der Waals surface area contributed by atoms with Gasteiger partial charge in [0.2, 0.25) is 0 Å². The molecule has 0 fully saturated rings. The van der Waals surface area contributed by atoms with Gasteiger partial charge in [-0.15, -0.1) is 0 Å². The maximum atomic E-state index is 9.85. The SMILES string of the molecule is CC(C)CC(C)N(C)CC(O)CNC(C)C. The summed E-state index contributed by atoms with van der Waals surface area (Å²) in [5.41, 5.74) is 0. The number of rotatable bonds is 8. The summed E-state index contributed by atoms with van der Waals surface area (Å²) in [4.78, 5) is 2.24. The van der Waals surface area contributed by atoms with Gasteiger partial charge in [0.15, 0.2) is 0 Å². The van der Waals surface area contributed by atoms with Crippen LogP contribution in [0.1, 0.15) is 41.0 Å². The summed E-state index contributed by atoms with van der Waals surface area (Å²) >= 11 is 0. The van der Waals surface area contributed by atoms with Crippen LogP contribution in [0.3, 0.4) is 0 Å². The van der Waals surface area contributed by atoms with Crippen LogP contribution in [-0.2, 0) is 0 Å². The second-order valence-electron chi connectivity index (χ2n) is 5.63. The van der Waals surface area contributed by atoms with Crippen molar-refractivity contribution in [2.24, 2.45) is 5.92 Å². The average molecular weight is 230 g/mol. The Morgan fingerprint density at radius 3 is 2.12 bits per heavy atom. The van der Waals surface area contributed by atoms with Crippen molar-refractivity contribution in [3.8, 4) is 0 Å². The third-order valence-electron chi connectivity index (χ3n) is 2.83. The molecule has 0 saturated heterocycles. The molecule has 3 nitrogen and oxygen atoms in total. The number of hydrogen-bond donors (Lipinski definition) is 2. The summed E-state index contributed by atoms with van der Waals surface area (Å²) in [6.07, 6.45) is 0.905. The monoisotopic (exact) mass is 230 g/mol. The molecular formula is C13H30N2O. The molecular weight excluding hydrogens is 200 g/mol. The van der Waals surface area contributed by atoms with E-state index in [-0.39, 0.29) is 6.10 Å². The Bertz CT molecular complexity index is 171. The Hall–Kier alpha value is -0.120. The molecule has 98 valence electrons. The summed E-state index contributed by atoms with van der Waals surface area (Å²) in [5, 5.41) is 13.1. The quantitative estimate of drug-likeness (QED) is 0.666. The first-order valence-electron chi connectivity index (χ1n) is 6.44. The zero-order valence-electron chi connectivity index (χ0n) is 11.8. The van der Waals surface area contributed by atoms with E-state index >= 15 is 0 Å². The maximum Gasteiger partial charge on any atom is 0.0791 e. The van der Waals surface area contributed by atoms with Crippen LogP contribution in [0.25, 0.3) is 0 Å². The van der Waals surface area contributed by atoms with Gasteiger partial charge in [0, 0.05) is 25.2 Å². The lowest BCUT2D eigenvalue weighted by molar-refractivity contribution is 0.0995. The Labute approximate surface area is 101 Å². The third kappa shape index (κ3) is 8.08. The molecule has 0 amide bonds. The molecule has 0 aliphatic heterocycles. The van der Waals surface area contributed by atoms with E-state index in [9.17, 15) is 5.11 Å². The minimum atomic E-state index is -0.276. The minimum Gasteiger partial charge on any atom is -0.390 e. The fourth-order valence-corrected chi connectivity index (χ4v) is 1.81. The van der Waals surface area contributed by atoms with Gasteiger partial charge in [-0.2, -0.15) is 0 Å². The first kappa shape index (κ1) is 15.9. The van der Waals surface area contributed by atoms with E-state index in [0.29, 0.717) is 24.5 Å². The van der Waals surface area contributed by atoms with Crippen LogP contribution in [0.15, 0.2) is 0 Å². The molecule has 0 rings (SSSR count). The van der Waals surface area contributed by atoms with E-state index in [2.05, 4.69) is 51.9 Å². The third-order valence-corrected chi connectivity index (χ3v) is 2.83. The van der Waals surface area contributed by atoms with Gasteiger partial charge in [-0.25, -0.2) is 0 Å². The summed E-state index contributed by atoms with van der Waals surface area (Å²) in [7, 11) is 2.09. The Morgan fingerprint density at radius 1 is 1.12 bits per heavy atom. The molecule has 2 unspecified atom stereocenters. The van der Waals surface area contributed by atoms with E-state index in [1.165, 1.54) is 6.42 Å². The topological polar surface area (TPSA) is 35.5 Å². The Balaban J connectivity index is 3.80. The van der Waals surface area contributed by atoms with Gasteiger partial charge in [-0.1, -0.05) is 27.7 Å². The maximum absolute atomic E-state index is 9.85. The number of hydrogen-bond acceptors (Lipinski definition) is 3. The van der Waals surface area contributed by atoms with Crippen LogP contribution in [0, 0.1) is 5.92 Å². The second kappa shape index (κ2) is 8.04. The fraction of sp³-hybridized carbons (Fsp3) is 1.00. The van der Waals surface area contributed by atoms with Crippen molar-refractivity contribution < 1.29 is 5.11 Å². The normalized spacial score (nSPS) is 16.1. The van der Waals surface area contributed by atoms with Gasteiger partial charge in [0.1, 0.15) is 0 Å². The smallest absolute Gasteiger partial charge is 0.0791 e. The number of likely N-dealkylation sites (N-methyl/N-ethyl adjacent to an activating group) is 1. The number of aliphatic hydroxyl groups is 1. The summed E-state index contributed by atoms with van der Waals surface area (Å²) < 4.78 is 0. The zero-order chi connectivity index (χ0) is 12.7. The molecule has 0 bridgehead atoms. The van der Waals surface area contributed by atoms with E-state index in [0.717, 1.165) is 6.54 Å². The molecule has 2 N–H and O–H groups in total. The van der Waals surface area contributed by atoms with Crippen LogP contribution >= 0.6 is 0 Å². The number of nitrogens with zero attached hydrogens (tertiary/aromatic N) is 1. The van der Waals surface area contributed by atoms with Crippen LogP contribution in [0.2, 0.25) is 0 Å². The van der Waals surface area contributed by atoms with E-state index in [1.54, 1.807) is 0 Å². The summed E-state index contributed by atoms with van der Waals surface area (Å²) in [5.74, 6) is 0.711. The minimum absolute atomic E-state index is 0.276. The molecule has 0 aliphatic rings. The molecule has 0 aliphatic carbocycles. The van der Waals surface area contributed by atoms with Crippen molar-refractivity contribution in [2.45, 2.75) is 59.2 Å². The lowest BCUT2D eigenvalue weighted by Gasteiger charge is -2.28. The molecule has 0 saturated carbocycles. The molecule has 2 atom stereocenters. The van der Waals surface area contributed by atoms with E-state index < -0.39 is 0 Å². The molecule has 0 spiro atoms. The first-order valence-corrected chi connectivity index (χ1v) is 6.44. The lowest BCUT2D eigenvalue weighted by atomic mass is 10.0. The Kier molecular flexibility index (Phi) is 7.98. The van der Waals surface area contributed by atoms with Gasteiger partial charge in [0.25, 0.3) is 0 Å². The molecule has 0 aromatic rings. The van der Waals surface area contributed by atoms with Crippen LogP contribution in [0.5, 0.6) is 0 Å². The highest BCUT2D eigenvalue weighted by Gasteiger charge is 2.14. The fourth-order valence-electron chi connectivity index (χ4n) is 1.81. The molecule has 0 aromatic carbocycles. The van der Waals surface area contributed by atoms with E-state index in [1.807, 2.05) is 0 Å². The van der Waals surface area contributed by atoms with Gasteiger partial charge in [-0.05, 0) is 26.3 Å². The van der Waals surface area contributed by atoms with Crippen molar-refractivity contribution >= 4 is 0 Å². The van der Waals surface area contributed by atoms with Crippen molar-refractivity contribution in [2.75, 3.05) is 20.1 Å². The van der Waals surface area contributed by atoms with Crippen LogP contribution in [0.4, 0.5) is 0 Å². The van der Waals surface area contributed by atoms with Gasteiger partial charge < -0.3 is 15.3 Å². The van der Waals surface area contributed by atoms with Crippen LogP contribution < -0.4 is 5.32 Å². The summed E-state index contributed by atoms with van der Waals surface area (Å²) in [6.45, 7) is 12.3. The lowest BCUT2D eigenvalue weighted by Crippen LogP contribution is -2.42. The van der Waals surface area contributed by atoms with Crippen LogP contribution in [-0.4, -0.2) is 48.3 Å². The molecule has 16 heavy (non-hydrogen) atoms. The highest BCUT2D eigenvalue weighted by Crippen LogP contribution is 2.09. The predicted molar refractivity (Wildman–Crippen MR) is 70.7 cm³/mol. The molecule has 0 aromatic heterocycles. The molecule has 3 heteroatoms. The van der Waals surface area contributed by atoms with Crippen molar-refractivity contribution in [3.05, 3.63) is 0 Å². The summed E-state index contributed by atoms with van der Waals surface area (Å²) in [6, 6.07) is 0.974. The first-order chi connectivity index (χ1) is 7.32. The van der Waals surface area contributed by atoms with Gasteiger partial charge in [-0.3, -0.25) is 0 Å². The highest BCUT2D eigenvalue weighted by molar-refractivity contribution is 4.71. The molecule has 0 heterocycles. The largest absolute Gasteiger partial charge is 0.390 e. The predicted octanol–water partition coefficient (Wildman–Crippen LogP) is 1.71. The van der Waals surface area contributed by atoms with Crippen molar-refractivity contribution in [1.82, 2.24) is 10.2 Å². The number of aliphatic hydroxyl groups excluding tert-OH is 1. The molecule has 0 radical (unpaired) electrons. The van der Waals surface area contributed by atoms with Gasteiger partial charge >= 0.3 is 0 Å². The zero-order valence-corrected chi connectivity index (χ0v) is 11.8. The highest BCUT2D eigenvalue weighted by atomic mass is 16.3. The Morgan fingerprint density at radius 2 is 1.69 bits per heavy atom. The van der Waals surface area contributed by atoms with Crippen molar-refractivity contribution in [1.29, 1.82) is 0 Å². The number of nitrogens with one attached hydrogen (secondary N) is 1. The van der Waals surface area contributed by atoms with Crippen molar-refractivity contribution in [3.63, 3.8) is 0 Å². The average Bonchev–Trinajstić information content (AvgIpc) is 2.13. The van der Waals surface area contributed by atoms with Gasteiger partial charge in [0.05, 0.1) is 6.10 Å².